The maximum atomic E-state index is 13.8. The van der Waals surface area contributed by atoms with Crippen molar-refractivity contribution in [2.75, 3.05) is 6.54 Å². The Labute approximate surface area is 295 Å². The van der Waals surface area contributed by atoms with E-state index in [0.717, 1.165) is 24.8 Å². The third kappa shape index (κ3) is 14.2. The molecule has 0 saturated carbocycles. The molecule has 0 radical (unpaired) electrons. The zero-order valence-electron chi connectivity index (χ0n) is 28.2. The lowest BCUT2D eigenvalue weighted by Crippen LogP contribution is -2.55. The molecule has 0 fully saturated rings. The summed E-state index contributed by atoms with van der Waals surface area (Å²) in [7, 11) is 0. The molecule has 3 aromatic carbocycles. The monoisotopic (exact) mass is 705 g/mol. The Morgan fingerprint density at radius 3 is 1.76 bits per heavy atom. The van der Waals surface area contributed by atoms with E-state index in [4.69, 9.17) is 24.8 Å². The molecule has 0 aliphatic rings. The van der Waals surface area contributed by atoms with Crippen LogP contribution in [0, 0.1) is 0 Å². The molecule has 272 valence electrons. The van der Waals surface area contributed by atoms with E-state index in [0.29, 0.717) is 30.0 Å². The van der Waals surface area contributed by atoms with Crippen molar-refractivity contribution in [2.45, 2.75) is 76.7 Å². The zero-order chi connectivity index (χ0) is 37.2. The van der Waals surface area contributed by atoms with Crippen LogP contribution >= 0.6 is 0 Å². The maximum absolute atomic E-state index is 13.8. The number of aliphatic carboxylic acids is 3. The van der Waals surface area contributed by atoms with E-state index in [-0.39, 0.29) is 25.0 Å². The molecule has 0 bridgehead atoms. The fourth-order valence-corrected chi connectivity index (χ4v) is 4.87. The third-order valence-corrected chi connectivity index (χ3v) is 7.61. The Morgan fingerprint density at radius 1 is 0.647 bits per heavy atom. The van der Waals surface area contributed by atoms with Gasteiger partial charge in [0.05, 0.1) is 6.42 Å². The summed E-state index contributed by atoms with van der Waals surface area (Å²) >= 11 is 0. The molecule has 3 amide bonds. The molecular weight excluding hydrogens is 662 g/mol. The summed E-state index contributed by atoms with van der Waals surface area (Å²) in [5.74, 6) is -5.77. The maximum Gasteiger partial charge on any atom is 0.356 e. The number of carboxylic acids is 3. The minimum absolute atomic E-state index is 0.0138. The van der Waals surface area contributed by atoms with Crippen molar-refractivity contribution in [3.05, 3.63) is 95.6 Å². The Hall–Kier alpha value is -5.92. The second-order valence-corrected chi connectivity index (χ2v) is 11.7. The van der Waals surface area contributed by atoms with Gasteiger partial charge in [0, 0.05) is 25.8 Å². The molecule has 2 atom stereocenters. The van der Waals surface area contributed by atoms with Crippen LogP contribution in [0.3, 0.4) is 0 Å². The van der Waals surface area contributed by atoms with E-state index in [2.05, 4.69) is 16.0 Å². The molecule has 3 aromatic rings. The van der Waals surface area contributed by atoms with Crippen LogP contribution in [-0.4, -0.2) is 75.7 Å². The SMILES string of the molecule is CCCCCNC(=O)[C@H](Cc1ccc(OC(C(=O)O)C(=O)O)cc1)NC(=O)[C@H](Cc1ccc(OCc2ccccc2)cc1)NC(=O)CCC(=O)O. The summed E-state index contributed by atoms with van der Waals surface area (Å²) in [6, 6.07) is 20.0. The smallest absolute Gasteiger partial charge is 0.356 e. The number of nitrogens with one attached hydrogen (secondary N) is 3. The Bertz CT molecular complexity index is 1600. The van der Waals surface area contributed by atoms with Gasteiger partial charge in [-0.2, -0.15) is 0 Å². The molecule has 51 heavy (non-hydrogen) atoms. The van der Waals surface area contributed by atoms with Crippen molar-refractivity contribution in [2.24, 2.45) is 0 Å². The summed E-state index contributed by atoms with van der Waals surface area (Å²) in [5.41, 5.74) is 2.19. The summed E-state index contributed by atoms with van der Waals surface area (Å²) < 4.78 is 10.9. The number of benzene rings is 3. The van der Waals surface area contributed by atoms with E-state index in [1.54, 1.807) is 24.3 Å². The first-order chi connectivity index (χ1) is 24.4. The Kier molecular flexibility index (Phi) is 15.9. The minimum Gasteiger partial charge on any atom is -0.489 e. The highest BCUT2D eigenvalue weighted by molar-refractivity contribution is 5.96. The van der Waals surface area contributed by atoms with E-state index in [1.807, 2.05) is 37.3 Å². The van der Waals surface area contributed by atoms with Gasteiger partial charge in [-0.25, -0.2) is 9.59 Å². The van der Waals surface area contributed by atoms with E-state index >= 15 is 0 Å². The van der Waals surface area contributed by atoms with Crippen LogP contribution in [0.4, 0.5) is 0 Å². The van der Waals surface area contributed by atoms with Crippen LogP contribution in [0.1, 0.15) is 55.7 Å². The van der Waals surface area contributed by atoms with Gasteiger partial charge in [-0.1, -0.05) is 74.4 Å². The minimum atomic E-state index is -2.11. The first-order valence-electron chi connectivity index (χ1n) is 16.5. The van der Waals surface area contributed by atoms with Gasteiger partial charge in [-0.15, -0.1) is 0 Å². The fourth-order valence-electron chi connectivity index (χ4n) is 4.87. The predicted molar refractivity (Wildman–Crippen MR) is 184 cm³/mol. The van der Waals surface area contributed by atoms with Crippen molar-refractivity contribution in [3.63, 3.8) is 0 Å². The van der Waals surface area contributed by atoms with Crippen LogP contribution in [0.15, 0.2) is 78.9 Å². The van der Waals surface area contributed by atoms with Crippen molar-refractivity contribution in [1.29, 1.82) is 0 Å². The lowest BCUT2D eigenvalue weighted by atomic mass is 10.0. The average Bonchev–Trinajstić information content (AvgIpc) is 3.11. The van der Waals surface area contributed by atoms with Gasteiger partial charge >= 0.3 is 17.9 Å². The van der Waals surface area contributed by atoms with Crippen LogP contribution in [0.25, 0.3) is 0 Å². The number of ether oxygens (including phenoxy) is 2. The van der Waals surface area contributed by atoms with Gasteiger partial charge in [0.15, 0.2) is 0 Å². The van der Waals surface area contributed by atoms with Crippen molar-refractivity contribution in [1.82, 2.24) is 16.0 Å². The van der Waals surface area contributed by atoms with E-state index in [9.17, 15) is 28.8 Å². The molecule has 14 nitrogen and oxygen atoms in total. The van der Waals surface area contributed by atoms with Gasteiger partial charge < -0.3 is 40.7 Å². The van der Waals surface area contributed by atoms with Gasteiger partial charge in [0.25, 0.3) is 6.10 Å². The molecule has 0 unspecified atom stereocenters. The molecule has 14 heteroatoms. The number of amides is 3. The molecule has 0 spiro atoms. The Morgan fingerprint density at radius 2 is 1.22 bits per heavy atom. The molecule has 0 aliphatic carbocycles. The second-order valence-electron chi connectivity index (χ2n) is 11.7. The number of carbonyl (C=O) groups excluding carboxylic acids is 3. The number of carbonyl (C=O) groups is 6. The second kappa shape index (κ2) is 20.6. The molecule has 0 heterocycles. The van der Waals surface area contributed by atoms with Gasteiger partial charge in [0.2, 0.25) is 17.7 Å². The number of hydrogen-bond donors (Lipinski definition) is 6. The van der Waals surface area contributed by atoms with Gasteiger partial charge in [0.1, 0.15) is 30.2 Å². The van der Waals surface area contributed by atoms with E-state index < -0.39 is 60.2 Å². The van der Waals surface area contributed by atoms with Crippen LogP contribution in [0.5, 0.6) is 11.5 Å². The highest BCUT2D eigenvalue weighted by Gasteiger charge is 2.29. The van der Waals surface area contributed by atoms with Crippen LogP contribution < -0.4 is 25.4 Å². The standard InChI is InChI=1S/C37H43N3O11/c1-2-3-7-20-38-34(44)29(21-25-12-16-28(17-13-25)51-33(36(46)47)37(48)49)40-35(45)30(39-31(41)18-19-32(42)43)22-24-10-14-27(15-11-24)50-23-26-8-5-4-6-9-26/h4-6,8-17,29-30,33H,2-3,7,18-23H2,1H3,(H,38,44)(H,39,41)(H,40,45)(H,42,43)(H,46,47)(H,48,49)/t29-,30-/m0/s1. The highest BCUT2D eigenvalue weighted by Crippen LogP contribution is 2.18. The normalized spacial score (nSPS) is 11.9. The summed E-state index contributed by atoms with van der Waals surface area (Å²) in [6.45, 7) is 2.74. The quantitative estimate of drug-likeness (QED) is 0.0659. The number of unbranched alkanes of at least 4 members (excludes halogenated alkanes) is 2. The largest absolute Gasteiger partial charge is 0.489 e. The van der Waals surface area contributed by atoms with Crippen molar-refractivity contribution >= 4 is 35.6 Å². The number of hydrogen-bond acceptors (Lipinski definition) is 8. The third-order valence-electron chi connectivity index (χ3n) is 7.61. The van der Waals surface area contributed by atoms with Crippen molar-refractivity contribution < 1.29 is 53.6 Å². The van der Waals surface area contributed by atoms with Gasteiger partial charge in [-0.3, -0.25) is 19.2 Å². The number of carboxylic acid groups (broad SMARTS) is 3. The first-order valence-corrected chi connectivity index (χ1v) is 16.5. The topological polar surface area (TPSA) is 218 Å². The zero-order valence-corrected chi connectivity index (χ0v) is 28.2. The fraction of sp³-hybridized carbons (Fsp3) is 0.351. The summed E-state index contributed by atoms with van der Waals surface area (Å²) in [4.78, 5) is 73.3. The Balaban J connectivity index is 1.78. The lowest BCUT2D eigenvalue weighted by molar-refractivity contribution is -0.159. The van der Waals surface area contributed by atoms with E-state index in [1.165, 1.54) is 24.3 Å². The summed E-state index contributed by atoms with van der Waals surface area (Å²) in [5, 5.41) is 35.4. The summed E-state index contributed by atoms with van der Waals surface area (Å²) in [6.07, 6.45) is -0.365. The predicted octanol–water partition coefficient (Wildman–Crippen LogP) is 3.11. The molecule has 0 aliphatic heterocycles. The first kappa shape index (κ1) is 39.5. The van der Waals surface area contributed by atoms with Crippen LogP contribution in [0.2, 0.25) is 0 Å². The average molecular weight is 706 g/mol. The van der Waals surface area contributed by atoms with Crippen molar-refractivity contribution in [3.8, 4) is 11.5 Å². The lowest BCUT2D eigenvalue weighted by Gasteiger charge is -2.24. The van der Waals surface area contributed by atoms with Gasteiger partial charge in [-0.05, 0) is 47.4 Å². The molecular formula is C37H43N3O11. The molecule has 0 aromatic heterocycles. The highest BCUT2D eigenvalue weighted by atomic mass is 16.5. The number of rotatable bonds is 22. The molecule has 6 N–H and O–H groups in total. The molecule has 3 rings (SSSR count). The molecule has 0 saturated heterocycles. The van der Waals surface area contributed by atoms with Crippen LogP contribution in [-0.2, 0) is 48.2 Å².